The molecule has 2 amide bonds. The monoisotopic (exact) mass is 342 g/mol. The second-order valence-electron chi connectivity index (χ2n) is 6.22. The highest BCUT2D eigenvalue weighted by Crippen LogP contribution is 2.24. The van der Waals surface area contributed by atoms with E-state index in [9.17, 15) is 9.59 Å². The van der Waals surface area contributed by atoms with E-state index < -0.39 is 6.04 Å². The van der Waals surface area contributed by atoms with E-state index in [1.807, 2.05) is 49.6 Å². The highest BCUT2D eigenvalue weighted by molar-refractivity contribution is 7.12. The second kappa shape index (κ2) is 7.18. The van der Waals surface area contributed by atoms with E-state index in [0.717, 1.165) is 29.7 Å². The summed E-state index contributed by atoms with van der Waals surface area (Å²) in [6, 6.07) is 9.17. The topological polar surface area (TPSA) is 49.4 Å². The van der Waals surface area contributed by atoms with Crippen molar-refractivity contribution in [3.8, 4) is 0 Å². The van der Waals surface area contributed by atoms with Gasteiger partial charge in [-0.25, -0.2) is 0 Å². The smallest absolute Gasteiger partial charge is 0.264 e. The van der Waals surface area contributed by atoms with Gasteiger partial charge in [-0.1, -0.05) is 18.2 Å². The minimum atomic E-state index is -0.395. The van der Waals surface area contributed by atoms with E-state index >= 15 is 0 Å². The van der Waals surface area contributed by atoms with Gasteiger partial charge in [0.05, 0.1) is 4.88 Å². The standard InChI is InChI=1S/C19H22N2O2S/c1-13-7-5-8-15(14(13)2)20-18(22)16-9-3-4-11-21(16)19(23)17-10-6-12-24-17/h5-8,10,12,16H,3-4,9,11H2,1-2H3,(H,20,22)/t16-/m0/s1. The highest BCUT2D eigenvalue weighted by Gasteiger charge is 2.33. The van der Waals surface area contributed by atoms with Crippen molar-refractivity contribution in [3.05, 3.63) is 51.7 Å². The first-order valence-corrected chi connectivity index (χ1v) is 9.17. The van der Waals surface area contributed by atoms with Crippen LogP contribution in [0.15, 0.2) is 35.7 Å². The Labute approximate surface area is 146 Å². The van der Waals surface area contributed by atoms with Crippen LogP contribution in [0.3, 0.4) is 0 Å². The minimum absolute atomic E-state index is 0.0363. The third-order valence-electron chi connectivity index (χ3n) is 4.66. The van der Waals surface area contributed by atoms with Crippen LogP contribution < -0.4 is 5.32 Å². The quantitative estimate of drug-likeness (QED) is 0.916. The van der Waals surface area contributed by atoms with Crippen molar-refractivity contribution < 1.29 is 9.59 Å². The molecule has 1 aromatic heterocycles. The molecule has 1 fully saturated rings. The van der Waals surface area contributed by atoms with Gasteiger partial charge in [-0.05, 0) is 61.7 Å². The molecule has 4 nitrogen and oxygen atoms in total. The Balaban J connectivity index is 1.78. The summed E-state index contributed by atoms with van der Waals surface area (Å²) in [5, 5.41) is 4.91. The Bertz CT molecular complexity index is 740. The lowest BCUT2D eigenvalue weighted by Gasteiger charge is -2.34. The molecule has 5 heteroatoms. The average molecular weight is 342 g/mol. The molecule has 0 radical (unpaired) electrons. The Kier molecular flexibility index (Phi) is 5.00. The van der Waals surface area contributed by atoms with E-state index in [-0.39, 0.29) is 11.8 Å². The molecule has 0 aliphatic carbocycles. The van der Waals surface area contributed by atoms with Crippen molar-refractivity contribution in [3.63, 3.8) is 0 Å². The predicted molar refractivity (Wildman–Crippen MR) is 97.5 cm³/mol. The fourth-order valence-electron chi connectivity index (χ4n) is 3.09. The molecule has 24 heavy (non-hydrogen) atoms. The Morgan fingerprint density at radius 2 is 2.00 bits per heavy atom. The number of piperidine rings is 1. The summed E-state index contributed by atoms with van der Waals surface area (Å²) in [6.07, 6.45) is 2.64. The van der Waals surface area contributed by atoms with Gasteiger partial charge in [-0.3, -0.25) is 9.59 Å². The van der Waals surface area contributed by atoms with Crippen molar-refractivity contribution in [2.45, 2.75) is 39.2 Å². The number of rotatable bonds is 3. The molecule has 0 saturated carbocycles. The number of hydrogen-bond donors (Lipinski definition) is 1. The molecule has 1 saturated heterocycles. The van der Waals surface area contributed by atoms with Crippen LogP contribution in [-0.4, -0.2) is 29.3 Å². The van der Waals surface area contributed by atoms with E-state index in [1.54, 1.807) is 4.90 Å². The average Bonchev–Trinajstić information content (AvgIpc) is 3.13. The number of anilines is 1. The number of hydrogen-bond acceptors (Lipinski definition) is 3. The van der Waals surface area contributed by atoms with Gasteiger partial charge in [-0.15, -0.1) is 11.3 Å². The molecule has 126 valence electrons. The van der Waals surface area contributed by atoms with E-state index in [0.29, 0.717) is 17.8 Å². The lowest BCUT2D eigenvalue weighted by atomic mass is 10.0. The van der Waals surface area contributed by atoms with E-state index in [2.05, 4.69) is 5.32 Å². The summed E-state index contributed by atoms with van der Waals surface area (Å²) < 4.78 is 0. The molecule has 0 bridgehead atoms. The van der Waals surface area contributed by atoms with Crippen molar-refractivity contribution >= 4 is 28.8 Å². The number of thiophene rings is 1. The molecule has 1 aromatic carbocycles. The van der Waals surface area contributed by atoms with Gasteiger partial charge in [0.1, 0.15) is 6.04 Å². The van der Waals surface area contributed by atoms with Gasteiger partial charge in [0.25, 0.3) is 5.91 Å². The maximum Gasteiger partial charge on any atom is 0.264 e. The molecule has 2 aromatic rings. The van der Waals surface area contributed by atoms with Crippen molar-refractivity contribution in [2.24, 2.45) is 0 Å². The van der Waals surface area contributed by atoms with Gasteiger partial charge in [0, 0.05) is 12.2 Å². The Morgan fingerprint density at radius 3 is 2.75 bits per heavy atom. The summed E-state index contributed by atoms with van der Waals surface area (Å²) in [5.74, 6) is -0.126. The number of aryl methyl sites for hydroxylation is 1. The molecule has 1 atom stereocenters. The third-order valence-corrected chi connectivity index (χ3v) is 5.52. The van der Waals surface area contributed by atoms with E-state index in [4.69, 9.17) is 0 Å². The number of amides is 2. The largest absolute Gasteiger partial charge is 0.326 e. The summed E-state index contributed by atoms with van der Waals surface area (Å²) in [5.41, 5.74) is 3.04. The molecule has 1 N–H and O–H groups in total. The Morgan fingerprint density at radius 1 is 1.17 bits per heavy atom. The summed E-state index contributed by atoms with van der Waals surface area (Å²) in [7, 11) is 0. The van der Waals surface area contributed by atoms with Gasteiger partial charge in [0.15, 0.2) is 0 Å². The molecule has 0 spiro atoms. The summed E-state index contributed by atoms with van der Waals surface area (Å²) >= 11 is 1.42. The van der Waals surface area contributed by atoms with E-state index in [1.165, 1.54) is 11.3 Å². The molecular weight excluding hydrogens is 320 g/mol. The fourth-order valence-corrected chi connectivity index (χ4v) is 3.77. The number of nitrogens with zero attached hydrogens (tertiary/aromatic N) is 1. The van der Waals surface area contributed by atoms with Crippen LogP contribution >= 0.6 is 11.3 Å². The molecule has 2 heterocycles. The highest BCUT2D eigenvalue weighted by atomic mass is 32.1. The minimum Gasteiger partial charge on any atom is -0.326 e. The van der Waals surface area contributed by atoms with Gasteiger partial charge in [0.2, 0.25) is 5.91 Å². The maximum atomic E-state index is 12.8. The second-order valence-corrected chi connectivity index (χ2v) is 7.17. The lowest BCUT2D eigenvalue weighted by molar-refractivity contribution is -0.121. The van der Waals surface area contributed by atoms with Crippen molar-refractivity contribution in [1.82, 2.24) is 4.90 Å². The number of carbonyl (C=O) groups excluding carboxylic acids is 2. The SMILES string of the molecule is Cc1cccc(NC(=O)[C@@H]2CCCCN2C(=O)c2cccs2)c1C. The molecule has 0 unspecified atom stereocenters. The number of benzene rings is 1. The number of carbonyl (C=O) groups is 2. The number of nitrogens with one attached hydrogen (secondary N) is 1. The first kappa shape index (κ1) is 16.7. The molecule has 3 rings (SSSR count). The Hall–Kier alpha value is -2.14. The first-order valence-electron chi connectivity index (χ1n) is 8.29. The van der Waals surface area contributed by atoms with Crippen molar-refractivity contribution in [2.75, 3.05) is 11.9 Å². The molecular formula is C19H22N2O2S. The zero-order valence-corrected chi connectivity index (χ0v) is 14.9. The van der Waals surface area contributed by atoms with Crippen LogP contribution in [0.1, 0.15) is 40.1 Å². The van der Waals surface area contributed by atoms with Crippen LogP contribution in [0.2, 0.25) is 0 Å². The third kappa shape index (κ3) is 3.36. The van der Waals surface area contributed by atoms with Crippen molar-refractivity contribution in [1.29, 1.82) is 0 Å². The normalized spacial score (nSPS) is 17.6. The van der Waals surface area contributed by atoms with Gasteiger partial charge >= 0.3 is 0 Å². The maximum absolute atomic E-state index is 12.8. The van der Waals surface area contributed by atoms with Crippen LogP contribution in [-0.2, 0) is 4.79 Å². The zero-order chi connectivity index (χ0) is 17.1. The first-order chi connectivity index (χ1) is 11.6. The summed E-state index contributed by atoms with van der Waals surface area (Å²) in [4.78, 5) is 27.9. The summed E-state index contributed by atoms with van der Waals surface area (Å²) in [6.45, 7) is 4.67. The lowest BCUT2D eigenvalue weighted by Crippen LogP contribution is -2.49. The van der Waals surface area contributed by atoms with Gasteiger partial charge in [-0.2, -0.15) is 0 Å². The molecule has 1 aliphatic rings. The van der Waals surface area contributed by atoms with Crippen LogP contribution in [0, 0.1) is 13.8 Å². The van der Waals surface area contributed by atoms with Crippen LogP contribution in [0.5, 0.6) is 0 Å². The number of likely N-dealkylation sites (tertiary alicyclic amines) is 1. The zero-order valence-electron chi connectivity index (χ0n) is 14.0. The molecule has 1 aliphatic heterocycles. The fraction of sp³-hybridized carbons (Fsp3) is 0.368. The predicted octanol–water partition coefficient (Wildman–Crippen LogP) is 4.00. The van der Waals surface area contributed by atoms with Crippen LogP contribution in [0.4, 0.5) is 5.69 Å². The van der Waals surface area contributed by atoms with Crippen LogP contribution in [0.25, 0.3) is 0 Å². The van der Waals surface area contributed by atoms with Gasteiger partial charge < -0.3 is 10.2 Å².